The SMILES string of the molecule is CCCCCCCCCCC/C=C/CC/C=C/C(O)C(CO)NC(=O)CCCCCCCCCCCCCCCCCCCCCCCCCCCCCCCC. The van der Waals surface area contributed by atoms with Gasteiger partial charge >= 0.3 is 0 Å². The van der Waals surface area contributed by atoms with Crippen LogP contribution in [0.2, 0.25) is 0 Å². The maximum absolute atomic E-state index is 12.4. The van der Waals surface area contributed by atoms with Crippen LogP contribution < -0.4 is 5.32 Å². The van der Waals surface area contributed by atoms with Crippen LogP contribution in [0.1, 0.15) is 290 Å². The average molecular weight is 802 g/mol. The van der Waals surface area contributed by atoms with Crippen molar-refractivity contribution in [3.05, 3.63) is 24.3 Å². The number of unbranched alkanes of at least 4 members (excludes halogenated alkanes) is 39. The number of nitrogens with one attached hydrogen (secondary N) is 1. The zero-order chi connectivity index (χ0) is 41.4. The number of hydrogen-bond donors (Lipinski definition) is 3. The third kappa shape index (κ3) is 45.8. The number of aliphatic hydroxyl groups excluding tert-OH is 2. The summed E-state index contributed by atoms with van der Waals surface area (Å²) in [6, 6.07) is -0.635. The lowest BCUT2D eigenvalue weighted by Crippen LogP contribution is -2.45. The molecule has 0 aromatic carbocycles. The van der Waals surface area contributed by atoms with Gasteiger partial charge in [0.1, 0.15) is 0 Å². The summed E-state index contributed by atoms with van der Waals surface area (Å²) < 4.78 is 0. The molecular formula is C53H103NO3. The van der Waals surface area contributed by atoms with E-state index in [1.165, 1.54) is 238 Å². The fourth-order valence-corrected chi connectivity index (χ4v) is 8.20. The summed E-state index contributed by atoms with van der Waals surface area (Å²) in [7, 11) is 0. The van der Waals surface area contributed by atoms with Gasteiger partial charge in [-0.25, -0.2) is 0 Å². The fraction of sp³-hybridized carbons (Fsp3) is 0.906. The normalized spacial score (nSPS) is 13.0. The van der Waals surface area contributed by atoms with Crippen molar-refractivity contribution in [2.24, 2.45) is 0 Å². The van der Waals surface area contributed by atoms with Crippen LogP contribution >= 0.6 is 0 Å². The van der Waals surface area contributed by atoms with E-state index in [2.05, 4.69) is 31.3 Å². The molecule has 0 heterocycles. The highest BCUT2D eigenvalue weighted by Gasteiger charge is 2.17. The minimum absolute atomic E-state index is 0.0684. The third-order valence-electron chi connectivity index (χ3n) is 12.2. The van der Waals surface area contributed by atoms with Crippen molar-refractivity contribution in [2.45, 2.75) is 302 Å². The molecule has 0 aliphatic rings. The summed E-state index contributed by atoms with van der Waals surface area (Å²) in [5.74, 6) is -0.0684. The average Bonchev–Trinajstić information content (AvgIpc) is 3.22. The van der Waals surface area contributed by atoms with E-state index in [0.29, 0.717) is 6.42 Å². The number of carbonyl (C=O) groups is 1. The molecule has 0 radical (unpaired) electrons. The van der Waals surface area contributed by atoms with Crippen LogP contribution in [0.25, 0.3) is 0 Å². The summed E-state index contributed by atoms with van der Waals surface area (Å²) >= 11 is 0. The number of allylic oxidation sites excluding steroid dienone is 3. The van der Waals surface area contributed by atoms with E-state index < -0.39 is 12.1 Å². The summed E-state index contributed by atoms with van der Waals surface area (Å²) in [5.41, 5.74) is 0. The van der Waals surface area contributed by atoms with Crippen LogP contribution in [-0.4, -0.2) is 34.9 Å². The third-order valence-corrected chi connectivity index (χ3v) is 12.2. The number of carbonyl (C=O) groups excluding carboxylic acids is 1. The Hall–Kier alpha value is -1.13. The molecule has 0 aromatic rings. The molecular weight excluding hydrogens is 699 g/mol. The predicted molar refractivity (Wildman–Crippen MR) is 253 cm³/mol. The lowest BCUT2D eigenvalue weighted by Gasteiger charge is -2.19. The highest BCUT2D eigenvalue weighted by Crippen LogP contribution is 2.17. The van der Waals surface area contributed by atoms with Crippen LogP contribution in [0.5, 0.6) is 0 Å². The molecule has 338 valence electrons. The Morgan fingerprint density at radius 2 is 0.684 bits per heavy atom. The second-order valence-corrected chi connectivity index (χ2v) is 17.9. The van der Waals surface area contributed by atoms with Gasteiger partial charge in [-0.1, -0.05) is 276 Å². The van der Waals surface area contributed by atoms with Crippen LogP contribution in [0, 0.1) is 0 Å². The van der Waals surface area contributed by atoms with Crippen molar-refractivity contribution >= 4 is 5.91 Å². The fourth-order valence-electron chi connectivity index (χ4n) is 8.20. The van der Waals surface area contributed by atoms with E-state index in [9.17, 15) is 15.0 Å². The Bertz CT molecular complexity index is 825. The predicted octanol–water partition coefficient (Wildman–Crippen LogP) is 16.8. The number of rotatable bonds is 48. The zero-order valence-corrected chi connectivity index (χ0v) is 38.9. The molecule has 0 bridgehead atoms. The first-order valence-corrected chi connectivity index (χ1v) is 26.1. The molecule has 4 heteroatoms. The smallest absolute Gasteiger partial charge is 0.220 e. The molecule has 0 fully saturated rings. The molecule has 1 amide bonds. The van der Waals surface area contributed by atoms with E-state index in [4.69, 9.17) is 0 Å². The van der Waals surface area contributed by atoms with Gasteiger partial charge < -0.3 is 15.5 Å². The monoisotopic (exact) mass is 802 g/mol. The molecule has 0 aromatic heterocycles. The van der Waals surface area contributed by atoms with Gasteiger partial charge in [0.15, 0.2) is 0 Å². The highest BCUT2D eigenvalue weighted by atomic mass is 16.3. The van der Waals surface area contributed by atoms with Crippen molar-refractivity contribution in [1.29, 1.82) is 0 Å². The van der Waals surface area contributed by atoms with E-state index in [1.54, 1.807) is 6.08 Å². The van der Waals surface area contributed by atoms with Crippen molar-refractivity contribution < 1.29 is 15.0 Å². The van der Waals surface area contributed by atoms with Gasteiger partial charge in [0.25, 0.3) is 0 Å². The lowest BCUT2D eigenvalue weighted by atomic mass is 10.0. The molecule has 0 aliphatic heterocycles. The van der Waals surface area contributed by atoms with Crippen LogP contribution in [0.4, 0.5) is 0 Å². The van der Waals surface area contributed by atoms with Crippen molar-refractivity contribution in [3.8, 4) is 0 Å². The molecule has 4 nitrogen and oxygen atoms in total. The second kappa shape index (κ2) is 49.2. The summed E-state index contributed by atoms with van der Waals surface area (Å²) in [6.07, 6.45) is 64.8. The molecule has 0 spiro atoms. The Morgan fingerprint density at radius 3 is 1.02 bits per heavy atom. The summed E-state index contributed by atoms with van der Waals surface area (Å²) in [4.78, 5) is 12.4. The van der Waals surface area contributed by atoms with E-state index in [0.717, 1.165) is 32.1 Å². The first-order valence-electron chi connectivity index (χ1n) is 26.1. The van der Waals surface area contributed by atoms with Crippen LogP contribution in [0.3, 0.4) is 0 Å². The molecule has 2 unspecified atom stereocenters. The van der Waals surface area contributed by atoms with E-state index in [1.807, 2.05) is 6.08 Å². The number of hydrogen-bond acceptors (Lipinski definition) is 3. The van der Waals surface area contributed by atoms with Crippen molar-refractivity contribution in [2.75, 3.05) is 6.61 Å². The van der Waals surface area contributed by atoms with Gasteiger partial charge in [0, 0.05) is 6.42 Å². The maximum atomic E-state index is 12.4. The number of aliphatic hydroxyl groups is 2. The Balaban J connectivity index is 3.44. The first-order chi connectivity index (χ1) is 28.2. The lowest BCUT2D eigenvalue weighted by molar-refractivity contribution is -0.123. The minimum atomic E-state index is -0.858. The summed E-state index contributed by atoms with van der Waals surface area (Å²) in [5, 5.41) is 23.0. The van der Waals surface area contributed by atoms with Gasteiger partial charge in [-0.3, -0.25) is 4.79 Å². The maximum Gasteiger partial charge on any atom is 0.220 e. The Labute approximate surface area is 358 Å². The van der Waals surface area contributed by atoms with Crippen LogP contribution in [0.15, 0.2) is 24.3 Å². The van der Waals surface area contributed by atoms with Crippen molar-refractivity contribution in [3.63, 3.8) is 0 Å². The van der Waals surface area contributed by atoms with Gasteiger partial charge in [-0.15, -0.1) is 0 Å². The molecule has 57 heavy (non-hydrogen) atoms. The molecule has 0 saturated heterocycles. The van der Waals surface area contributed by atoms with Gasteiger partial charge in [-0.2, -0.15) is 0 Å². The minimum Gasteiger partial charge on any atom is -0.394 e. The highest BCUT2D eigenvalue weighted by molar-refractivity contribution is 5.76. The van der Waals surface area contributed by atoms with Gasteiger partial charge in [0.2, 0.25) is 5.91 Å². The zero-order valence-electron chi connectivity index (χ0n) is 38.9. The van der Waals surface area contributed by atoms with Crippen LogP contribution in [-0.2, 0) is 4.79 Å². The second-order valence-electron chi connectivity index (χ2n) is 17.9. The van der Waals surface area contributed by atoms with Gasteiger partial charge in [-0.05, 0) is 32.1 Å². The largest absolute Gasteiger partial charge is 0.394 e. The topological polar surface area (TPSA) is 69.6 Å². The standard InChI is InChI=1S/C53H103NO3/c1-3-5-7-9-11-13-15-17-19-20-21-22-23-24-25-26-27-28-29-30-31-32-33-35-37-39-41-43-45-47-49-53(57)54-51(50-55)52(56)48-46-44-42-40-38-36-34-18-16-14-12-10-8-6-4-2/h38,40,46,48,51-52,55-56H,3-37,39,41-45,47,49-50H2,1-2H3,(H,54,57)/b40-38+,48-46+. The molecule has 0 rings (SSSR count). The Kier molecular flexibility index (Phi) is 48.3. The van der Waals surface area contributed by atoms with Crippen molar-refractivity contribution in [1.82, 2.24) is 5.32 Å². The van der Waals surface area contributed by atoms with E-state index >= 15 is 0 Å². The first kappa shape index (κ1) is 55.9. The Morgan fingerprint density at radius 1 is 0.404 bits per heavy atom. The number of amides is 1. The van der Waals surface area contributed by atoms with Gasteiger partial charge in [0.05, 0.1) is 18.8 Å². The molecule has 2 atom stereocenters. The molecule has 3 N–H and O–H groups in total. The molecule has 0 saturated carbocycles. The van der Waals surface area contributed by atoms with E-state index in [-0.39, 0.29) is 12.5 Å². The molecule has 0 aliphatic carbocycles. The quantitative estimate of drug-likeness (QED) is 0.0424. The summed E-state index contributed by atoms with van der Waals surface area (Å²) in [6.45, 7) is 4.32.